The number of benzene rings is 2. The molecule has 0 fully saturated rings. The molecule has 0 aromatic heterocycles. The van der Waals surface area contributed by atoms with Crippen LogP contribution in [0.25, 0.3) is 0 Å². The molecular weight excluding hydrogens is 266 g/mol. The van der Waals surface area contributed by atoms with E-state index in [2.05, 4.69) is 17.2 Å². The average Bonchev–Trinajstić information content (AvgIpc) is 2.49. The third-order valence-electron chi connectivity index (χ3n) is 2.91. The molecule has 0 aliphatic heterocycles. The van der Waals surface area contributed by atoms with Crippen LogP contribution < -0.4 is 5.32 Å². The minimum Gasteiger partial charge on any atom is -0.508 e. The molecule has 0 saturated carbocycles. The molecule has 3 N–H and O–H groups in total. The fourth-order valence-electron chi connectivity index (χ4n) is 1.78. The first-order chi connectivity index (χ1) is 10.1. The van der Waals surface area contributed by atoms with Crippen LogP contribution in [0.5, 0.6) is 5.75 Å². The Kier molecular flexibility index (Phi) is 4.60. The maximum Gasteiger partial charge on any atom is 0.255 e. The first kappa shape index (κ1) is 14.6. The molecule has 0 unspecified atom stereocenters. The predicted molar refractivity (Wildman–Crippen MR) is 81.2 cm³/mol. The number of hydrogen-bond acceptors (Lipinski definition) is 3. The Bertz CT molecular complexity index is 709. The average molecular weight is 281 g/mol. The monoisotopic (exact) mass is 281 g/mol. The standard InChI is InChI=1S/C17H15NO3/c1-12-11-14(6-9-16(12)20)17(21)18-15-7-4-13(5-8-15)3-2-10-19/h4-9,11,19-20H,10H2,1H3,(H,18,21). The van der Waals surface area contributed by atoms with E-state index in [1.165, 1.54) is 6.07 Å². The number of aliphatic hydroxyl groups excluding tert-OH is 1. The highest BCUT2D eigenvalue weighted by atomic mass is 16.3. The van der Waals surface area contributed by atoms with Crippen LogP contribution in [0.15, 0.2) is 42.5 Å². The zero-order valence-electron chi connectivity index (χ0n) is 11.6. The molecular formula is C17H15NO3. The summed E-state index contributed by atoms with van der Waals surface area (Å²) in [5.41, 5.74) is 2.55. The van der Waals surface area contributed by atoms with Crippen molar-refractivity contribution in [2.75, 3.05) is 11.9 Å². The van der Waals surface area contributed by atoms with Gasteiger partial charge in [-0.1, -0.05) is 11.8 Å². The lowest BCUT2D eigenvalue weighted by molar-refractivity contribution is 0.102. The van der Waals surface area contributed by atoms with Crippen LogP contribution in [0.4, 0.5) is 5.69 Å². The molecule has 106 valence electrons. The van der Waals surface area contributed by atoms with E-state index in [4.69, 9.17) is 5.11 Å². The van der Waals surface area contributed by atoms with Gasteiger partial charge in [-0.15, -0.1) is 0 Å². The summed E-state index contributed by atoms with van der Waals surface area (Å²) in [6, 6.07) is 11.7. The van der Waals surface area contributed by atoms with Crippen molar-refractivity contribution in [1.82, 2.24) is 0 Å². The van der Waals surface area contributed by atoms with E-state index in [1.807, 2.05) is 0 Å². The molecule has 2 aromatic rings. The van der Waals surface area contributed by atoms with E-state index in [0.29, 0.717) is 16.8 Å². The van der Waals surface area contributed by atoms with E-state index >= 15 is 0 Å². The van der Waals surface area contributed by atoms with Gasteiger partial charge in [0.05, 0.1) is 0 Å². The Morgan fingerprint density at radius 3 is 2.52 bits per heavy atom. The van der Waals surface area contributed by atoms with Gasteiger partial charge < -0.3 is 15.5 Å². The van der Waals surface area contributed by atoms with Crippen LogP contribution in [0.2, 0.25) is 0 Å². The van der Waals surface area contributed by atoms with Crippen LogP contribution >= 0.6 is 0 Å². The Morgan fingerprint density at radius 1 is 1.19 bits per heavy atom. The molecule has 0 heterocycles. The quantitative estimate of drug-likeness (QED) is 0.740. The third-order valence-corrected chi connectivity index (χ3v) is 2.91. The van der Waals surface area contributed by atoms with E-state index in [9.17, 15) is 9.90 Å². The first-order valence-corrected chi connectivity index (χ1v) is 6.41. The number of aromatic hydroxyl groups is 1. The maximum atomic E-state index is 12.1. The summed E-state index contributed by atoms with van der Waals surface area (Å²) in [6.07, 6.45) is 0. The van der Waals surface area contributed by atoms with Crippen molar-refractivity contribution in [2.45, 2.75) is 6.92 Å². The summed E-state index contributed by atoms with van der Waals surface area (Å²) in [5.74, 6) is 5.26. The second-order valence-corrected chi connectivity index (χ2v) is 4.49. The first-order valence-electron chi connectivity index (χ1n) is 6.41. The molecule has 0 radical (unpaired) electrons. The Morgan fingerprint density at radius 2 is 1.90 bits per heavy atom. The van der Waals surface area contributed by atoms with Gasteiger partial charge in [0.2, 0.25) is 0 Å². The number of rotatable bonds is 2. The normalized spacial score (nSPS) is 9.62. The number of aryl methyl sites for hydroxylation is 1. The van der Waals surface area contributed by atoms with Gasteiger partial charge in [-0.05, 0) is 55.0 Å². The molecule has 0 spiro atoms. The smallest absolute Gasteiger partial charge is 0.255 e. The number of amides is 1. The van der Waals surface area contributed by atoms with Gasteiger partial charge in [-0.25, -0.2) is 0 Å². The summed E-state index contributed by atoms with van der Waals surface area (Å²) in [4.78, 5) is 12.1. The number of hydrogen-bond donors (Lipinski definition) is 3. The van der Waals surface area contributed by atoms with Crippen molar-refractivity contribution in [3.8, 4) is 17.6 Å². The molecule has 4 nitrogen and oxygen atoms in total. The zero-order valence-corrected chi connectivity index (χ0v) is 11.6. The molecule has 0 atom stereocenters. The van der Waals surface area contributed by atoms with Gasteiger partial charge in [-0.3, -0.25) is 4.79 Å². The molecule has 0 saturated heterocycles. The molecule has 4 heteroatoms. The van der Waals surface area contributed by atoms with Crippen molar-refractivity contribution < 1.29 is 15.0 Å². The highest BCUT2D eigenvalue weighted by Gasteiger charge is 2.07. The second kappa shape index (κ2) is 6.60. The largest absolute Gasteiger partial charge is 0.508 e. The van der Waals surface area contributed by atoms with Crippen LogP contribution in [-0.4, -0.2) is 22.7 Å². The Hall–Kier alpha value is -2.77. The zero-order chi connectivity index (χ0) is 15.2. The molecule has 1 amide bonds. The highest BCUT2D eigenvalue weighted by molar-refractivity contribution is 6.04. The number of phenols is 1. The third kappa shape index (κ3) is 3.85. The van der Waals surface area contributed by atoms with Gasteiger partial charge >= 0.3 is 0 Å². The van der Waals surface area contributed by atoms with E-state index in [0.717, 1.165) is 5.56 Å². The lowest BCUT2D eigenvalue weighted by Gasteiger charge is -2.07. The molecule has 2 aromatic carbocycles. The lowest BCUT2D eigenvalue weighted by atomic mass is 10.1. The van der Waals surface area contributed by atoms with Crippen LogP contribution in [0.3, 0.4) is 0 Å². The van der Waals surface area contributed by atoms with Gasteiger partial charge in [0, 0.05) is 16.8 Å². The lowest BCUT2D eigenvalue weighted by Crippen LogP contribution is -2.11. The van der Waals surface area contributed by atoms with Gasteiger partial charge in [0.25, 0.3) is 5.91 Å². The summed E-state index contributed by atoms with van der Waals surface area (Å²) >= 11 is 0. The fourth-order valence-corrected chi connectivity index (χ4v) is 1.78. The summed E-state index contributed by atoms with van der Waals surface area (Å²) < 4.78 is 0. The van der Waals surface area contributed by atoms with Crippen LogP contribution in [-0.2, 0) is 0 Å². The van der Waals surface area contributed by atoms with Crippen LogP contribution in [0, 0.1) is 18.8 Å². The Labute approximate surface area is 123 Å². The number of carbonyl (C=O) groups excluding carboxylic acids is 1. The molecule has 21 heavy (non-hydrogen) atoms. The van der Waals surface area contributed by atoms with Gasteiger partial charge in [-0.2, -0.15) is 0 Å². The summed E-state index contributed by atoms with van der Waals surface area (Å²) in [7, 11) is 0. The predicted octanol–water partition coefficient (Wildman–Crippen LogP) is 2.30. The summed E-state index contributed by atoms with van der Waals surface area (Å²) in [6.45, 7) is 1.55. The van der Waals surface area contributed by atoms with E-state index < -0.39 is 0 Å². The SMILES string of the molecule is Cc1cc(C(=O)Nc2ccc(C#CCO)cc2)ccc1O. The van der Waals surface area contributed by atoms with Crippen molar-refractivity contribution in [3.05, 3.63) is 59.2 Å². The van der Waals surface area contributed by atoms with E-state index in [1.54, 1.807) is 43.3 Å². The number of carbonyl (C=O) groups is 1. The minimum absolute atomic E-state index is 0.165. The fraction of sp³-hybridized carbons (Fsp3) is 0.118. The number of nitrogens with one attached hydrogen (secondary N) is 1. The van der Waals surface area contributed by atoms with Crippen LogP contribution in [0.1, 0.15) is 21.5 Å². The van der Waals surface area contributed by atoms with Crippen molar-refractivity contribution >= 4 is 11.6 Å². The van der Waals surface area contributed by atoms with Gasteiger partial charge in [0.15, 0.2) is 0 Å². The number of aliphatic hydroxyl groups is 1. The molecule has 2 rings (SSSR count). The van der Waals surface area contributed by atoms with Gasteiger partial charge in [0.1, 0.15) is 12.4 Å². The van der Waals surface area contributed by atoms with E-state index in [-0.39, 0.29) is 18.3 Å². The second-order valence-electron chi connectivity index (χ2n) is 4.49. The number of anilines is 1. The van der Waals surface area contributed by atoms with Crippen molar-refractivity contribution in [2.24, 2.45) is 0 Å². The molecule has 0 aliphatic rings. The summed E-state index contributed by atoms with van der Waals surface area (Å²) in [5, 5.41) is 20.8. The molecule has 0 bridgehead atoms. The number of phenolic OH excluding ortho intramolecular Hbond substituents is 1. The molecule has 0 aliphatic carbocycles. The highest BCUT2D eigenvalue weighted by Crippen LogP contribution is 2.18. The Balaban J connectivity index is 2.10. The maximum absolute atomic E-state index is 12.1. The van der Waals surface area contributed by atoms with Crippen molar-refractivity contribution in [3.63, 3.8) is 0 Å². The van der Waals surface area contributed by atoms with Crippen molar-refractivity contribution in [1.29, 1.82) is 0 Å². The topological polar surface area (TPSA) is 69.6 Å². The minimum atomic E-state index is -0.243.